The van der Waals surface area contributed by atoms with Gasteiger partial charge in [-0.1, -0.05) is 50.0 Å². The van der Waals surface area contributed by atoms with E-state index in [2.05, 4.69) is 13.0 Å². The highest BCUT2D eigenvalue weighted by Crippen LogP contribution is 2.24. The molecule has 0 heterocycles. The first-order chi connectivity index (χ1) is 11.7. The summed E-state index contributed by atoms with van der Waals surface area (Å²) in [4.78, 5) is 23.7. The molecule has 0 aliphatic heterocycles. The Labute approximate surface area is 152 Å². The number of carbonyl (C=O) groups excluding carboxylic acids is 1. The van der Waals surface area contributed by atoms with Crippen LogP contribution in [0.25, 0.3) is 0 Å². The molecule has 0 amide bonds. The van der Waals surface area contributed by atoms with Crippen molar-refractivity contribution in [2.75, 3.05) is 7.11 Å². The Bertz CT molecular complexity index is 534. The van der Waals surface area contributed by atoms with Gasteiger partial charge in [-0.2, -0.15) is 0 Å². The number of esters is 1. The average molecular weight is 350 g/mol. The van der Waals surface area contributed by atoms with E-state index in [9.17, 15) is 14.7 Å². The molecule has 0 aromatic heterocycles. The summed E-state index contributed by atoms with van der Waals surface area (Å²) in [6.07, 6.45) is 8.86. The van der Waals surface area contributed by atoms with Crippen molar-refractivity contribution in [1.82, 2.24) is 0 Å². The van der Waals surface area contributed by atoms with Gasteiger partial charge < -0.3 is 9.84 Å². The van der Waals surface area contributed by atoms with Gasteiger partial charge in [0, 0.05) is 17.1 Å². The second kappa shape index (κ2) is 12.5. The van der Waals surface area contributed by atoms with Crippen LogP contribution in [0.2, 0.25) is 0 Å². The highest BCUT2D eigenvalue weighted by Gasteiger charge is 2.20. The van der Waals surface area contributed by atoms with E-state index < -0.39 is 5.97 Å². The zero-order chi connectivity index (χ0) is 19.4. The number of rotatable bonds is 11. The second-order valence-electron chi connectivity index (χ2n) is 6.75. The minimum atomic E-state index is -0.908. The summed E-state index contributed by atoms with van der Waals surface area (Å²) >= 11 is 0. The third-order valence-corrected chi connectivity index (χ3v) is 4.17. The first kappa shape index (κ1) is 23.2. The molecule has 0 aromatic carbocycles. The molecule has 0 saturated carbocycles. The zero-order valence-electron chi connectivity index (χ0n) is 16.6. The Balaban J connectivity index is 5.48. The number of hydrogen-bond donors (Lipinski definition) is 1. The number of carboxylic acid groups (broad SMARTS) is 1. The summed E-state index contributed by atoms with van der Waals surface area (Å²) in [5.74, 6) is -1.57. The van der Waals surface area contributed by atoms with Crippen LogP contribution in [0.1, 0.15) is 73.1 Å². The lowest BCUT2D eigenvalue weighted by Crippen LogP contribution is -2.15. The van der Waals surface area contributed by atoms with E-state index in [1.54, 1.807) is 6.08 Å². The standard InChI is InChI=1S/C21H34O4/c1-7-8-9-13-18(20(22)23)14-17(5)19(21(24)25-6)16(4)12-10-11-15(2)3/h11,14,17H,7-10,12-13H2,1-6H3,(H,22,23)/b18-14+,19-16?. The predicted octanol–water partition coefficient (Wildman–Crippen LogP) is 5.45. The summed E-state index contributed by atoms with van der Waals surface area (Å²) < 4.78 is 4.93. The van der Waals surface area contributed by atoms with E-state index in [1.165, 1.54) is 12.7 Å². The third-order valence-electron chi connectivity index (χ3n) is 4.17. The molecule has 0 radical (unpaired) electrons. The molecular weight excluding hydrogens is 316 g/mol. The van der Waals surface area contributed by atoms with E-state index >= 15 is 0 Å². The van der Waals surface area contributed by atoms with Crippen LogP contribution in [0.3, 0.4) is 0 Å². The largest absolute Gasteiger partial charge is 0.478 e. The van der Waals surface area contributed by atoms with Gasteiger partial charge in [0.05, 0.1) is 7.11 Å². The fraction of sp³-hybridized carbons (Fsp3) is 0.619. The fourth-order valence-corrected chi connectivity index (χ4v) is 2.78. The van der Waals surface area contributed by atoms with Crippen LogP contribution in [0.5, 0.6) is 0 Å². The van der Waals surface area contributed by atoms with Crippen LogP contribution in [0.4, 0.5) is 0 Å². The van der Waals surface area contributed by atoms with Gasteiger partial charge in [-0.25, -0.2) is 9.59 Å². The van der Waals surface area contributed by atoms with Gasteiger partial charge in [0.2, 0.25) is 0 Å². The van der Waals surface area contributed by atoms with E-state index in [0.29, 0.717) is 17.6 Å². The first-order valence-electron chi connectivity index (χ1n) is 9.09. The summed E-state index contributed by atoms with van der Waals surface area (Å²) in [7, 11) is 1.36. The Morgan fingerprint density at radius 3 is 2.24 bits per heavy atom. The maximum absolute atomic E-state index is 12.2. The van der Waals surface area contributed by atoms with E-state index in [-0.39, 0.29) is 11.9 Å². The molecule has 0 aliphatic carbocycles. The van der Waals surface area contributed by atoms with Crippen molar-refractivity contribution in [3.63, 3.8) is 0 Å². The second-order valence-corrected chi connectivity index (χ2v) is 6.75. The maximum atomic E-state index is 12.2. The molecule has 25 heavy (non-hydrogen) atoms. The molecule has 1 unspecified atom stereocenters. The Morgan fingerprint density at radius 2 is 1.76 bits per heavy atom. The molecule has 1 atom stereocenters. The first-order valence-corrected chi connectivity index (χ1v) is 9.09. The molecule has 4 heteroatoms. The smallest absolute Gasteiger partial charge is 0.334 e. The van der Waals surface area contributed by atoms with Gasteiger partial charge in [0.1, 0.15) is 0 Å². The molecule has 0 saturated heterocycles. The van der Waals surface area contributed by atoms with E-state index in [4.69, 9.17) is 4.74 Å². The highest BCUT2D eigenvalue weighted by atomic mass is 16.5. The van der Waals surface area contributed by atoms with Crippen molar-refractivity contribution in [2.24, 2.45) is 5.92 Å². The number of unbranched alkanes of at least 4 members (excludes halogenated alkanes) is 2. The molecule has 0 aliphatic rings. The molecule has 0 spiro atoms. The van der Waals surface area contributed by atoms with Crippen LogP contribution in [-0.4, -0.2) is 24.2 Å². The lowest BCUT2D eigenvalue weighted by Gasteiger charge is -2.16. The van der Waals surface area contributed by atoms with Crippen LogP contribution < -0.4 is 0 Å². The number of methoxy groups -OCH3 is 1. The topological polar surface area (TPSA) is 63.6 Å². The van der Waals surface area contributed by atoms with E-state index in [0.717, 1.165) is 37.7 Å². The quantitative estimate of drug-likeness (QED) is 0.233. The van der Waals surface area contributed by atoms with Gasteiger partial charge in [-0.15, -0.1) is 0 Å². The van der Waals surface area contributed by atoms with Crippen molar-refractivity contribution >= 4 is 11.9 Å². The Morgan fingerprint density at radius 1 is 1.12 bits per heavy atom. The number of allylic oxidation sites excluding steroid dienone is 4. The molecule has 142 valence electrons. The Hall–Kier alpha value is -1.84. The van der Waals surface area contributed by atoms with Gasteiger partial charge in [0.15, 0.2) is 0 Å². The monoisotopic (exact) mass is 350 g/mol. The zero-order valence-corrected chi connectivity index (χ0v) is 16.6. The molecule has 0 bridgehead atoms. The summed E-state index contributed by atoms with van der Waals surface area (Å²) in [6.45, 7) is 9.95. The molecular formula is C21H34O4. The number of carbonyl (C=O) groups is 2. The minimum Gasteiger partial charge on any atom is -0.478 e. The average Bonchev–Trinajstić information content (AvgIpc) is 2.53. The van der Waals surface area contributed by atoms with Crippen LogP contribution in [0.15, 0.2) is 34.4 Å². The number of carboxylic acids is 1. The van der Waals surface area contributed by atoms with Crippen molar-refractivity contribution in [3.05, 3.63) is 34.4 Å². The predicted molar refractivity (Wildman–Crippen MR) is 102 cm³/mol. The lowest BCUT2D eigenvalue weighted by atomic mass is 9.91. The van der Waals surface area contributed by atoms with E-state index in [1.807, 2.05) is 27.7 Å². The van der Waals surface area contributed by atoms with Crippen molar-refractivity contribution < 1.29 is 19.4 Å². The molecule has 0 fully saturated rings. The SMILES string of the molecule is CCCCC/C(=C\C(C)C(C(=O)OC)=C(C)CCC=C(C)C)C(=O)O. The number of aliphatic carboxylic acids is 1. The number of hydrogen-bond acceptors (Lipinski definition) is 3. The summed E-state index contributed by atoms with van der Waals surface area (Å²) in [5.41, 5.74) is 3.13. The third kappa shape index (κ3) is 9.28. The number of ether oxygens (including phenoxy) is 1. The highest BCUT2D eigenvalue weighted by molar-refractivity contribution is 5.91. The lowest BCUT2D eigenvalue weighted by molar-refractivity contribution is -0.137. The minimum absolute atomic E-state index is 0.285. The normalized spacial score (nSPS) is 13.8. The Kier molecular flexibility index (Phi) is 11.6. The van der Waals surface area contributed by atoms with Crippen LogP contribution in [-0.2, 0) is 14.3 Å². The molecule has 4 nitrogen and oxygen atoms in total. The van der Waals surface area contributed by atoms with Crippen molar-refractivity contribution in [3.8, 4) is 0 Å². The molecule has 0 rings (SSSR count). The van der Waals surface area contributed by atoms with Crippen LogP contribution in [0, 0.1) is 5.92 Å². The van der Waals surface area contributed by atoms with Gasteiger partial charge in [-0.05, 0) is 46.5 Å². The summed E-state index contributed by atoms with van der Waals surface area (Å²) in [5, 5.41) is 9.43. The summed E-state index contributed by atoms with van der Waals surface area (Å²) in [6, 6.07) is 0. The van der Waals surface area contributed by atoms with Crippen molar-refractivity contribution in [1.29, 1.82) is 0 Å². The van der Waals surface area contributed by atoms with Crippen LogP contribution >= 0.6 is 0 Å². The fourth-order valence-electron chi connectivity index (χ4n) is 2.78. The molecule has 0 aromatic rings. The van der Waals surface area contributed by atoms with Gasteiger partial charge in [0.25, 0.3) is 0 Å². The maximum Gasteiger partial charge on any atom is 0.334 e. The van der Waals surface area contributed by atoms with Crippen molar-refractivity contribution in [2.45, 2.75) is 73.1 Å². The van der Waals surface area contributed by atoms with Gasteiger partial charge >= 0.3 is 11.9 Å². The molecule has 1 N–H and O–H groups in total. The van der Waals surface area contributed by atoms with Gasteiger partial charge in [-0.3, -0.25) is 0 Å².